The first kappa shape index (κ1) is 17.8. The molecule has 4 nitrogen and oxygen atoms in total. The van der Waals surface area contributed by atoms with Crippen molar-refractivity contribution in [2.24, 2.45) is 0 Å². The second kappa shape index (κ2) is 6.22. The van der Waals surface area contributed by atoms with E-state index in [4.69, 9.17) is 15.8 Å². The van der Waals surface area contributed by atoms with Crippen LogP contribution in [0.2, 0.25) is 5.02 Å². The van der Waals surface area contributed by atoms with E-state index in [1.807, 2.05) is 18.7 Å². The predicted molar refractivity (Wildman–Crippen MR) is 99.0 cm³/mol. The minimum absolute atomic E-state index is 0.130. The first-order valence-electron chi connectivity index (χ1n) is 8.53. The molecule has 0 radical (unpaired) electrons. The number of halogens is 2. The molecule has 7 heteroatoms. The van der Waals surface area contributed by atoms with Gasteiger partial charge in [0.25, 0.3) is 10.1 Å². The summed E-state index contributed by atoms with van der Waals surface area (Å²) in [6, 6.07) is 7.97. The van der Waals surface area contributed by atoms with Gasteiger partial charge in [0, 0.05) is 24.7 Å². The lowest BCUT2D eigenvalue weighted by Crippen LogP contribution is -2.41. The van der Waals surface area contributed by atoms with E-state index in [1.54, 1.807) is 24.3 Å². The first-order valence-corrected chi connectivity index (χ1v) is 10.3. The third kappa shape index (κ3) is 2.80. The van der Waals surface area contributed by atoms with E-state index in [2.05, 4.69) is 0 Å². The highest BCUT2D eigenvalue weighted by Crippen LogP contribution is 2.46. The summed E-state index contributed by atoms with van der Waals surface area (Å²) in [4.78, 5) is 2.18. The van der Waals surface area contributed by atoms with Crippen molar-refractivity contribution < 1.29 is 17.0 Å². The van der Waals surface area contributed by atoms with Gasteiger partial charge in [0.15, 0.2) is 0 Å². The second-order valence-electron chi connectivity index (χ2n) is 6.98. The molecule has 0 aromatic heterocycles. The molecule has 0 aliphatic carbocycles. The largest absolute Gasteiger partial charge is 0.368 e. The molecular weight excluding hydrogens is 377 g/mol. The minimum atomic E-state index is -3.89. The Bertz CT molecular complexity index is 975. The Morgan fingerprint density at radius 3 is 2.65 bits per heavy atom. The van der Waals surface area contributed by atoms with Gasteiger partial charge in [0.05, 0.1) is 9.92 Å². The standard InChI is InChI=1S/C19H19ClFNO3S/c1-11-3-5-13(6-4-11)26(23,24)25-17-10-22-8-7-14-18(20)16(21)9-15(12(17)2)19(14)22/h3-6,9,12,17H,7-8,10H2,1-2H3. The number of hydrogen-bond acceptors (Lipinski definition) is 4. The Hall–Kier alpha value is -1.63. The van der Waals surface area contributed by atoms with Gasteiger partial charge in [-0.2, -0.15) is 8.42 Å². The van der Waals surface area contributed by atoms with Gasteiger partial charge in [0.2, 0.25) is 0 Å². The molecule has 2 aliphatic heterocycles. The van der Waals surface area contributed by atoms with Gasteiger partial charge in [-0.25, -0.2) is 4.39 Å². The molecule has 0 N–H and O–H groups in total. The molecule has 2 heterocycles. The summed E-state index contributed by atoms with van der Waals surface area (Å²) in [5, 5.41) is 0.171. The zero-order chi connectivity index (χ0) is 18.6. The quantitative estimate of drug-likeness (QED) is 0.736. The van der Waals surface area contributed by atoms with Crippen molar-refractivity contribution >= 4 is 27.4 Å². The van der Waals surface area contributed by atoms with Crippen LogP contribution in [0.15, 0.2) is 35.2 Å². The molecule has 138 valence electrons. The highest BCUT2D eigenvalue weighted by Gasteiger charge is 2.39. The molecule has 2 atom stereocenters. The fourth-order valence-corrected chi connectivity index (χ4v) is 5.16. The van der Waals surface area contributed by atoms with Gasteiger partial charge < -0.3 is 4.90 Å². The van der Waals surface area contributed by atoms with Gasteiger partial charge in [-0.05, 0) is 42.7 Å². The number of benzene rings is 2. The van der Waals surface area contributed by atoms with Crippen LogP contribution >= 0.6 is 11.6 Å². The van der Waals surface area contributed by atoms with Crippen molar-refractivity contribution in [1.29, 1.82) is 0 Å². The topological polar surface area (TPSA) is 46.6 Å². The van der Waals surface area contributed by atoms with E-state index in [1.165, 1.54) is 6.07 Å². The predicted octanol–water partition coefficient (Wildman–Crippen LogP) is 4.04. The van der Waals surface area contributed by atoms with Crippen LogP contribution in [0.4, 0.5) is 10.1 Å². The lowest BCUT2D eigenvalue weighted by atomic mass is 9.88. The highest BCUT2D eigenvalue weighted by molar-refractivity contribution is 7.86. The minimum Gasteiger partial charge on any atom is -0.368 e. The zero-order valence-corrected chi connectivity index (χ0v) is 16.1. The molecule has 0 amide bonds. The molecule has 2 unspecified atom stereocenters. The molecule has 2 aromatic rings. The van der Waals surface area contributed by atoms with Gasteiger partial charge in [0.1, 0.15) is 11.9 Å². The molecule has 0 fully saturated rings. The lowest BCUT2D eigenvalue weighted by Gasteiger charge is -2.37. The highest BCUT2D eigenvalue weighted by atomic mass is 35.5. The van der Waals surface area contributed by atoms with Crippen LogP contribution in [0.25, 0.3) is 0 Å². The van der Waals surface area contributed by atoms with Gasteiger partial charge in [-0.15, -0.1) is 0 Å². The van der Waals surface area contributed by atoms with Crippen molar-refractivity contribution in [2.45, 2.75) is 37.2 Å². The van der Waals surface area contributed by atoms with Crippen LogP contribution in [-0.2, 0) is 20.7 Å². The summed E-state index contributed by atoms with van der Waals surface area (Å²) < 4.78 is 45.1. The van der Waals surface area contributed by atoms with E-state index in [9.17, 15) is 12.8 Å². The summed E-state index contributed by atoms with van der Waals surface area (Å²) in [6.45, 7) is 4.88. The molecule has 0 saturated heterocycles. The van der Waals surface area contributed by atoms with E-state index >= 15 is 0 Å². The summed E-state index contributed by atoms with van der Waals surface area (Å²) in [6.07, 6.45) is 0.0728. The third-order valence-corrected chi connectivity index (χ3v) is 7.03. The molecule has 0 bridgehead atoms. The van der Waals surface area contributed by atoms with Crippen molar-refractivity contribution in [3.8, 4) is 0 Å². The van der Waals surface area contributed by atoms with Crippen LogP contribution in [0, 0.1) is 12.7 Å². The number of anilines is 1. The fourth-order valence-electron chi connectivity index (χ4n) is 3.79. The zero-order valence-electron chi connectivity index (χ0n) is 14.5. The number of aryl methyl sites for hydroxylation is 1. The Labute approximate surface area is 157 Å². The maximum Gasteiger partial charge on any atom is 0.297 e. The van der Waals surface area contributed by atoms with E-state index in [0.717, 1.165) is 22.4 Å². The van der Waals surface area contributed by atoms with E-state index in [-0.39, 0.29) is 15.8 Å². The monoisotopic (exact) mass is 395 g/mol. The SMILES string of the molecule is Cc1ccc(S(=O)(=O)OC2CN3CCc4c(Cl)c(F)cc(c43)C2C)cc1. The third-order valence-electron chi connectivity index (χ3n) is 5.27. The second-order valence-corrected chi connectivity index (χ2v) is 8.93. The summed E-state index contributed by atoms with van der Waals surface area (Å²) in [5.74, 6) is -0.721. The summed E-state index contributed by atoms with van der Waals surface area (Å²) in [7, 11) is -3.89. The maximum absolute atomic E-state index is 14.2. The first-order chi connectivity index (χ1) is 12.3. The number of nitrogens with zero attached hydrogens (tertiary/aromatic N) is 1. The average molecular weight is 396 g/mol. The van der Waals surface area contributed by atoms with Gasteiger partial charge >= 0.3 is 0 Å². The van der Waals surface area contributed by atoms with Crippen LogP contribution < -0.4 is 4.90 Å². The smallest absolute Gasteiger partial charge is 0.297 e. The number of hydrogen-bond donors (Lipinski definition) is 0. The molecule has 0 saturated carbocycles. The van der Waals surface area contributed by atoms with Crippen molar-refractivity contribution in [3.63, 3.8) is 0 Å². The van der Waals surface area contributed by atoms with Crippen LogP contribution in [0.1, 0.15) is 29.5 Å². The average Bonchev–Trinajstić information content (AvgIpc) is 3.01. The Balaban J connectivity index is 1.68. The van der Waals surface area contributed by atoms with Gasteiger partial charge in [-0.3, -0.25) is 4.18 Å². The molecule has 26 heavy (non-hydrogen) atoms. The van der Waals surface area contributed by atoms with E-state index < -0.39 is 22.0 Å². The van der Waals surface area contributed by atoms with Crippen LogP contribution in [0.5, 0.6) is 0 Å². The number of rotatable bonds is 3. The summed E-state index contributed by atoms with van der Waals surface area (Å²) >= 11 is 6.11. The molecule has 4 rings (SSSR count). The van der Waals surface area contributed by atoms with Crippen molar-refractivity contribution in [1.82, 2.24) is 0 Å². The van der Waals surface area contributed by atoms with Gasteiger partial charge in [-0.1, -0.05) is 36.2 Å². The van der Waals surface area contributed by atoms with Crippen molar-refractivity contribution in [3.05, 3.63) is 57.9 Å². The van der Waals surface area contributed by atoms with Crippen LogP contribution in [-0.4, -0.2) is 27.6 Å². The van der Waals surface area contributed by atoms with E-state index in [0.29, 0.717) is 19.5 Å². The maximum atomic E-state index is 14.2. The molecule has 2 aromatic carbocycles. The van der Waals surface area contributed by atoms with Crippen LogP contribution in [0.3, 0.4) is 0 Å². The Kier molecular flexibility index (Phi) is 4.25. The molecule has 2 aliphatic rings. The molecule has 0 spiro atoms. The summed E-state index contributed by atoms with van der Waals surface area (Å²) in [5.41, 5.74) is 3.49. The Morgan fingerprint density at radius 1 is 1.27 bits per heavy atom. The van der Waals surface area contributed by atoms with Crippen molar-refractivity contribution in [2.75, 3.05) is 18.0 Å². The lowest BCUT2D eigenvalue weighted by molar-refractivity contribution is 0.183. The fraction of sp³-hybridized carbons (Fsp3) is 0.368. The molecular formula is C19H19ClFNO3S. The Morgan fingerprint density at radius 2 is 1.96 bits per heavy atom. The normalized spacial score (nSPS) is 21.8.